The van der Waals surface area contributed by atoms with Gasteiger partial charge in [0.1, 0.15) is 0 Å². The molecule has 1 fully saturated rings. The minimum Gasteiger partial charge on any atom is -0.324 e. The fourth-order valence-corrected chi connectivity index (χ4v) is 2.59. The lowest BCUT2D eigenvalue weighted by atomic mass is 10.1. The molecule has 102 valence electrons. The van der Waals surface area contributed by atoms with Gasteiger partial charge in [0.2, 0.25) is 5.91 Å². The van der Waals surface area contributed by atoms with Crippen molar-refractivity contribution in [3.63, 3.8) is 0 Å². The predicted octanol–water partition coefficient (Wildman–Crippen LogP) is 3.53. The molecule has 1 saturated carbocycles. The molecule has 0 aliphatic heterocycles. The van der Waals surface area contributed by atoms with Crippen molar-refractivity contribution < 1.29 is 4.79 Å². The summed E-state index contributed by atoms with van der Waals surface area (Å²) < 4.78 is 0. The molecule has 6 heteroatoms. The number of hydrogen-bond donors (Lipinski definition) is 1. The molecule has 3 rings (SSSR count). The molecule has 2 atom stereocenters. The first kappa shape index (κ1) is 13.3. The number of halogens is 2. The van der Waals surface area contributed by atoms with Crippen LogP contribution in [-0.2, 0) is 4.79 Å². The normalized spacial score (nSPS) is 20.5. The molecule has 1 aliphatic rings. The first-order chi connectivity index (χ1) is 9.63. The van der Waals surface area contributed by atoms with E-state index in [1.807, 2.05) is 24.3 Å². The summed E-state index contributed by atoms with van der Waals surface area (Å²) in [7, 11) is 0. The van der Waals surface area contributed by atoms with Gasteiger partial charge in [-0.15, -0.1) is 5.10 Å². The topological polar surface area (TPSA) is 54.9 Å². The highest BCUT2D eigenvalue weighted by atomic mass is 35.5. The van der Waals surface area contributed by atoms with Gasteiger partial charge in [-0.05, 0) is 30.0 Å². The van der Waals surface area contributed by atoms with Crippen LogP contribution in [0.2, 0.25) is 10.2 Å². The molecule has 1 aromatic heterocycles. The largest absolute Gasteiger partial charge is 0.324 e. The number of benzene rings is 1. The monoisotopic (exact) mass is 307 g/mol. The summed E-state index contributed by atoms with van der Waals surface area (Å²) in [6.07, 6.45) is 2.30. The minimum absolute atomic E-state index is 0.0274. The van der Waals surface area contributed by atoms with E-state index in [4.69, 9.17) is 23.2 Å². The van der Waals surface area contributed by atoms with Gasteiger partial charge in [0.15, 0.2) is 5.15 Å². The van der Waals surface area contributed by atoms with Crippen molar-refractivity contribution in [3.8, 4) is 0 Å². The Balaban J connectivity index is 1.66. The number of carbonyl (C=O) groups excluding carboxylic acids is 1. The molecule has 0 spiro atoms. The number of amides is 1. The molecule has 1 amide bonds. The Morgan fingerprint density at radius 2 is 2.15 bits per heavy atom. The smallest absolute Gasteiger partial charge is 0.228 e. The number of rotatable bonds is 3. The highest BCUT2D eigenvalue weighted by molar-refractivity contribution is 6.30. The van der Waals surface area contributed by atoms with E-state index >= 15 is 0 Å². The molecular formula is C14H11Cl2N3O. The van der Waals surface area contributed by atoms with E-state index < -0.39 is 0 Å². The van der Waals surface area contributed by atoms with E-state index in [9.17, 15) is 4.79 Å². The predicted molar refractivity (Wildman–Crippen MR) is 78.0 cm³/mol. The highest BCUT2D eigenvalue weighted by Crippen LogP contribution is 2.48. The van der Waals surface area contributed by atoms with Gasteiger partial charge in [0.25, 0.3) is 0 Å². The second-order valence-corrected chi connectivity index (χ2v) is 5.58. The lowest BCUT2D eigenvalue weighted by Crippen LogP contribution is -2.14. The van der Waals surface area contributed by atoms with Gasteiger partial charge in [0.05, 0.1) is 11.9 Å². The van der Waals surface area contributed by atoms with Crippen molar-refractivity contribution in [1.29, 1.82) is 0 Å². The first-order valence-electron chi connectivity index (χ1n) is 6.18. The molecule has 0 bridgehead atoms. The minimum atomic E-state index is -0.0287. The number of nitrogens with one attached hydrogen (secondary N) is 1. The average molecular weight is 308 g/mol. The van der Waals surface area contributed by atoms with Gasteiger partial charge < -0.3 is 5.32 Å². The van der Waals surface area contributed by atoms with Crippen LogP contribution in [0, 0.1) is 5.92 Å². The fraction of sp³-hybridized carbons (Fsp3) is 0.214. The van der Waals surface area contributed by atoms with Crippen molar-refractivity contribution in [1.82, 2.24) is 10.2 Å². The molecule has 1 aromatic carbocycles. The van der Waals surface area contributed by atoms with Crippen LogP contribution in [0.25, 0.3) is 0 Å². The second kappa shape index (κ2) is 5.38. The van der Waals surface area contributed by atoms with Gasteiger partial charge >= 0.3 is 0 Å². The Labute approximate surface area is 126 Å². The van der Waals surface area contributed by atoms with Gasteiger partial charge in [-0.3, -0.25) is 4.79 Å². The lowest BCUT2D eigenvalue weighted by molar-refractivity contribution is -0.117. The van der Waals surface area contributed by atoms with E-state index in [-0.39, 0.29) is 22.9 Å². The third-order valence-corrected chi connectivity index (χ3v) is 3.72. The van der Waals surface area contributed by atoms with Crippen molar-refractivity contribution in [2.75, 3.05) is 5.32 Å². The van der Waals surface area contributed by atoms with Crippen LogP contribution >= 0.6 is 23.2 Å². The summed E-state index contributed by atoms with van der Waals surface area (Å²) in [4.78, 5) is 12.1. The fourth-order valence-electron chi connectivity index (χ4n) is 2.23. The zero-order valence-corrected chi connectivity index (χ0v) is 11.9. The van der Waals surface area contributed by atoms with Crippen LogP contribution in [0.1, 0.15) is 17.9 Å². The molecule has 1 heterocycles. The van der Waals surface area contributed by atoms with E-state index in [0.717, 1.165) is 12.0 Å². The molecule has 0 saturated heterocycles. The zero-order chi connectivity index (χ0) is 14.1. The Morgan fingerprint density at radius 3 is 2.90 bits per heavy atom. The Hall–Kier alpha value is -1.65. The van der Waals surface area contributed by atoms with Gasteiger partial charge in [-0.1, -0.05) is 35.3 Å². The average Bonchev–Trinajstić information content (AvgIpc) is 3.19. The molecule has 20 heavy (non-hydrogen) atoms. The summed E-state index contributed by atoms with van der Waals surface area (Å²) in [5.41, 5.74) is 1.66. The van der Waals surface area contributed by atoms with Gasteiger partial charge in [-0.2, -0.15) is 5.10 Å². The van der Waals surface area contributed by atoms with Crippen LogP contribution < -0.4 is 5.32 Å². The molecule has 1 aliphatic carbocycles. The standard InChI is InChI=1S/C14H11Cl2N3O/c15-9-3-1-2-8(4-9)11-6-12(11)14(20)18-10-5-13(16)19-17-7-10/h1-5,7,11-12H,6H2,(H,18,19,20). The SMILES string of the molecule is O=C(Nc1cnnc(Cl)c1)C1CC1c1cccc(Cl)c1. The van der Waals surface area contributed by atoms with Crippen molar-refractivity contribution in [3.05, 3.63) is 52.3 Å². The molecule has 2 aromatic rings. The number of aromatic nitrogens is 2. The zero-order valence-electron chi connectivity index (χ0n) is 10.4. The maximum Gasteiger partial charge on any atom is 0.228 e. The lowest BCUT2D eigenvalue weighted by Gasteiger charge is -2.04. The van der Waals surface area contributed by atoms with Gasteiger partial charge in [-0.25, -0.2) is 0 Å². The quantitative estimate of drug-likeness (QED) is 0.944. The maximum atomic E-state index is 12.1. The van der Waals surface area contributed by atoms with Crippen molar-refractivity contribution >= 4 is 34.8 Å². The van der Waals surface area contributed by atoms with Crippen LogP contribution in [0.4, 0.5) is 5.69 Å². The molecule has 4 nitrogen and oxygen atoms in total. The van der Waals surface area contributed by atoms with E-state index in [0.29, 0.717) is 10.7 Å². The van der Waals surface area contributed by atoms with E-state index in [1.165, 1.54) is 6.20 Å². The first-order valence-corrected chi connectivity index (χ1v) is 6.93. The van der Waals surface area contributed by atoms with Crippen LogP contribution in [0.15, 0.2) is 36.5 Å². The summed E-state index contributed by atoms with van der Waals surface area (Å²) in [6, 6.07) is 9.20. The summed E-state index contributed by atoms with van der Waals surface area (Å²) in [6.45, 7) is 0. The summed E-state index contributed by atoms with van der Waals surface area (Å²) in [5.74, 6) is 0.179. The summed E-state index contributed by atoms with van der Waals surface area (Å²) in [5, 5.41) is 11.1. The number of hydrogen-bond acceptors (Lipinski definition) is 3. The van der Waals surface area contributed by atoms with Crippen molar-refractivity contribution in [2.45, 2.75) is 12.3 Å². The number of carbonyl (C=O) groups is 1. The third kappa shape index (κ3) is 2.92. The second-order valence-electron chi connectivity index (χ2n) is 4.76. The maximum absolute atomic E-state index is 12.1. The Kier molecular flexibility index (Phi) is 3.59. The van der Waals surface area contributed by atoms with E-state index in [1.54, 1.807) is 6.07 Å². The van der Waals surface area contributed by atoms with Gasteiger partial charge in [0, 0.05) is 17.0 Å². The third-order valence-electron chi connectivity index (χ3n) is 3.30. The van der Waals surface area contributed by atoms with Crippen LogP contribution in [0.5, 0.6) is 0 Å². The Morgan fingerprint density at radius 1 is 1.30 bits per heavy atom. The highest BCUT2D eigenvalue weighted by Gasteiger charge is 2.44. The number of anilines is 1. The molecule has 1 N–H and O–H groups in total. The Bertz CT molecular complexity index is 662. The molecular weight excluding hydrogens is 297 g/mol. The van der Waals surface area contributed by atoms with Crippen LogP contribution in [0.3, 0.4) is 0 Å². The molecule has 0 radical (unpaired) electrons. The number of nitrogens with zero attached hydrogens (tertiary/aromatic N) is 2. The van der Waals surface area contributed by atoms with Crippen LogP contribution in [-0.4, -0.2) is 16.1 Å². The molecule has 2 unspecified atom stereocenters. The van der Waals surface area contributed by atoms with Crippen molar-refractivity contribution in [2.24, 2.45) is 5.92 Å². The van der Waals surface area contributed by atoms with E-state index in [2.05, 4.69) is 15.5 Å². The summed E-state index contributed by atoms with van der Waals surface area (Å²) >= 11 is 11.7.